The number of aliphatic hydroxyl groups is 1. The molecule has 4 rings (SSSR count). The number of ether oxygens (including phenoxy) is 3. The third-order valence-corrected chi connectivity index (χ3v) is 4.36. The first-order valence-electron chi connectivity index (χ1n) is 9.16. The Hall–Kier alpha value is -4.25. The molecule has 0 bridgehead atoms. The summed E-state index contributed by atoms with van der Waals surface area (Å²) in [5.41, 5.74) is 2.03. The lowest BCUT2D eigenvalue weighted by Gasteiger charge is -2.18. The first-order valence-corrected chi connectivity index (χ1v) is 9.16. The highest BCUT2D eigenvalue weighted by atomic mass is 16.6. The van der Waals surface area contributed by atoms with E-state index in [2.05, 4.69) is 9.97 Å². The topological polar surface area (TPSA) is 117 Å². The summed E-state index contributed by atoms with van der Waals surface area (Å²) in [6.07, 6.45) is 2.79. The molecule has 1 aliphatic rings. The number of aromatic amines is 1. The number of hydrogen-bond acceptors (Lipinski definition) is 7. The van der Waals surface area contributed by atoms with Gasteiger partial charge in [0.25, 0.3) is 0 Å². The molecule has 2 aromatic carbocycles. The number of imidazole rings is 1. The maximum Gasteiger partial charge on any atom is 0.331 e. The van der Waals surface area contributed by atoms with Crippen LogP contribution in [0.1, 0.15) is 11.4 Å². The molecular weight excluding hydrogens is 386 g/mol. The fourth-order valence-corrected chi connectivity index (χ4v) is 2.91. The normalized spacial score (nSPS) is 13.7. The lowest BCUT2D eigenvalue weighted by molar-refractivity contribution is -0.137. The highest BCUT2D eigenvalue weighted by molar-refractivity contribution is 5.87. The number of hydrogen-bond donors (Lipinski definition) is 2. The first-order chi connectivity index (χ1) is 14.6. The maximum absolute atomic E-state index is 12.0. The van der Waals surface area contributed by atoms with Gasteiger partial charge in [-0.05, 0) is 35.9 Å². The maximum atomic E-state index is 12.0. The van der Waals surface area contributed by atoms with Crippen molar-refractivity contribution < 1.29 is 24.1 Å². The van der Waals surface area contributed by atoms with Gasteiger partial charge in [-0.15, -0.1) is 0 Å². The van der Waals surface area contributed by atoms with Gasteiger partial charge in [0.1, 0.15) is 31.5 Å². The molecule has 0 fully saturated rings. The number of para-hydroxylation sites is 2. The van der Waals surface area contributed by atoms with Crippen molar-refractivity contribution in [2.45, 2.75) is 0 Å². The molecule has 1 aliphatic heterocycles. The van der Waals surface area contributed by atoms with Crippen LogP contribution in [0.25, 0.3) is 22.7 Å². The van der Waals surface area contributed by atoms with Gasteiger partial charge in [-0.2, -0.15) is 5.26 Å². The number of benzene rings is 2. The minimum Gasteiger partial charge on any atom is -0.507 e. The van der Waals surface area contributed by atoms with Crippen molar-refractivity contribution in [3.63, 3.8) is 0 Å². The third kappa shape index (κ3) is 4.10. The quantitative estimate of drug-likeness (QED) is 0.290. The highest BCUT2D eigenvalue weighted by Crippen LogP contribution is 2.31. The molecule has 8 nitrogen and oxygen atoms in total. The summed E-state index contributed by atoms with van der Waals surface area (Å²) in [6, 6.07) is 14.4. The Labute approximate surface area is 171 Å². The van der Waals surface area contributed by atoms with E-state index >= 15 is 0 Å². The van der Waals surface area contributed by atoms with Crippen molar-refractivity contribution in [1.82, 2.24) is 9.97 Å². The standard InChI is InChI=1S/C22H17N3O5/c23-12-15(22-24-16-3-1-2-4-17(16)25-22)18(26)13-30-21(27)8-6-14-5-7-19-20(11-14)29-10-9-28-19/h1-8,11,26H,9-10,13H2,(H,24,25)/b8-6+,18-15-. The van der Waals surface area contributed by atoms with Crippen LogP contribution in [0.5, 0.6) is 11.5 Å². The summed E-state index contributed by atoms with van der Waals surface area (Å²) < 4.78 is 16.0. The van der Waals surface area contributed by atoms with Crippen molar-refractivity contribution >= 4 is 28.7 Å². The second kappa shape index (κ2) is 8.41. The van der Waals surface area contributed by atoms with E-state index in [4.69, 9.17) is 14.2 Å². The molecule has 0 saturated heterocycles. The fourth-order valence-electron chi connectivity index (χ4n) is 2.91. The molecular formula is C22H17N3O5. The Morgan fingerprint density at radius 3 is 2.83 bits per heavy atom. The van der Waals surface area contributed by atoms with Crippen LogP contribution in [0, 0.1) is 11.3 Å². The zero-order valence-electron chi connectivity index (χ0n) is 15.8. The predicted molar refractivity (Wildman–Crippen MR) is 109 cm³/mol. The molecule has 1 aromatic heterocycles. The zero-order valence-corrected chi connectivity index (χ0v) is 15.8. The van der Waals surface area contributed by atoms with Gasteiger partial charge in [-0.25, -0.2) is 9.78 Å². The van der Waals surface area contributed by atoms with Gasteiger partial charge < -0.3 is 24.3 Å². The second-order valence-electron chi connectivity index (χ2n) is 6.38. The van der Waals surface area contributed by atoms with Gasteiger partial charge in [-0.1, -0.05) is 18.2 Å². The van der Waals surface area contributed by atoms with Gasteiger partial charge in [0, 0.05) is 6.08 Å². The molecule has 0 atom stereocenters. The van der Waals surface area contributed by atoms with Crippen LogP contribution in [0.2, 0.25) is 0 Å². The van der Waals surface area contributed by atoms with E-state index in [1.54, 1.807) is 36.4 Å². The summed E-state index contributed by atoms with van der Waals surface area (Å²) in [6.45, 7) is 0.523. The molecule has 150 valence electrons. The predicted octanol–water partition coefficient (Wildman–Crippen LogP) is 3.38. The number of nitriles is 1. The molecule has 30 heavy (non-hydrogen) atoms. The van der Waals surface area contributed by atoms with Crippen molar-refractivity contribution in [3.8, 4) is 17.6 Å². The van der Waals surface area contributed by atoms with Crippen LogP contribution in [0.15, 0.2) is 54.3 Å². The van der Waals surface area contributed by atoms with E-state index in [1.165, 1.54) is 6.08 Å². The van der Waals surface area contributed by atoms with Crippen LogP contribution in [0.3, 0.4) is 0 Å². The molecule has 2 heterocycles. The van der Waals surface area contributed by atoms with E-state index in [1.807, 2.05) is 18.2 Å². The van der Waals surface area contributed by atoms with Gasteiger partial charge in [-0.3, -0.25) is 0 Å². The Balaban J connectivity index is 1.42. The summed E-state index contributed by atoms with van der Waals surface area (Å²) in [7, 11) is 0. The largest absolute Gasteiger partial charge is 0.507 e. The van der Waals surface area contributed by atoms with Gasteiger partial charge >= 0.3 is 5.97 Å². The van der Waals surface area contributed by atoms with Gasteiger partial charge in [0.15, 0.2) is 23.1 Å². The Bertz CT molecular complexity index is 1170. The van der Waals surface area contributed by atoms with E-state index < -0.39 is 18.3 Å². The van der Waals surface area contributed by atoms with Crippen molar-refractivity contribution in [1.29, 1.82) is 5.26 Å². The third-order valence-electron chi connectivity index (χ3n) is 4.36. The number of carbonyl (C=O) groups is 1. The highest BCUT2D eigenvalue weighted by Gasteiger charge is 2.15. The first kappa shape index (κ1) is 19.1. The summed E-state index contributed by atoms with van der Waals surface area (Å²) >= 11 is 0. The summed E-state index contributed by atoms with van der Waals surface area (Å²) in [5, 5.41) is 19.6. The number of aromatic nitrogens is 2. The second-order valence-corrected chi connectivity index (χ2v) is 6.38. The summed E-state index contributed by atoms with van der Waals surface area (Å²) in [4.78, 5) is 19.2. The zero-order chi connectivity index (χ0) is 20.9. The lowest BCUT2D eigenvalue weighted by atomic mass is 10.2. The number of esters is 1. The molecule has 0 unspecified atom stereocenters. The number of H-pyrrole nitrogens is 1. The van der Waals surface area contributed by atoms with Crippen molar-refractivity contribution in [2.24, 2.45) is 0 Å². The average Bonchev–Trinajstić information content (AvgIpc) is 3.20. The van der Waals surface area contributed by atoms with Crippen molar-refractivity contribution in [3.05, 3.63) is 65.7 Å². The van der Waals surface area contributed by atoms with E-state index in [-0.39, 0.29) is 11.4 Å². The van der Waals surface area contributed by atoms with E-state index in [0.717, 1.165) is 11.1 Å². The summed E-state index contributed by atoms with van der Waals surface area (Å²) in [5.74, 6) is 0.419. The van der Waals surface area contributed by atoms with E-state index in [9.17, 15) is 15.2 Å². The Morgan fingerprint density at radius 2 is 2.03 bits per heavy atom. The van der Waals surface area contributed by atoms with Crippen LogP contribution in [0.4, 0.5) is 0 Å². The number of carbonyl (C=O) groups excluding carboxylic acids is 1. The van der Waals surface area contributed by atoms with Crippen LogP contribution >= 0.6 is 0 Å². The Kier molecular flexibility index (Phi) is 5.35. The van der Waals surface area contributed by atoms with Crippen LogP contribution in [-0.4, -0.2) is 40.9 Å². The number of aliphatic hydroxyl groups excluding tert-OH is 1. The average molecular weight is 403 g/mol. The SMILES string of the molecule is N#C/C(=C(/O)COC(=O)/C=C/c1ccc2c(c1)OCCO2)c1nc2ccccc2[nH]1. The monoisotopic (exact) mass is 403 g/mol. The number of nitrogens with zero attached hydrogens (tertiary/aromatic N) is 2. The fraction of sp³-hybridized carbons (Fsp3) is 0.136. The smallest absolute Gasteiger partial charge is 0.331 e. The molecule has 2 N–H and O–H groups in total. The molecule has 0 aliphatic carbocycles. The number of allylic oxidation sites excluding steroid dienone is 1. The van der Waals surface area contributed by atoms with Gasteiger partial charge in [0.05, 0.1) is 11.0 Å². The molecule has 0 spiro atoms. The minimum atomic E-state index is -0.668. The van der Waals surface area contributed by atoms with Crippen LogP contribution in [-0.2, 0) is 9.53 Å². The molecule has 0 saturated carbocycles. The van der Waals surface area contributed by atoms with E-state index in [0.29, 0.717) is 30.2 Å². The lowest BCUT2D eigenvalue weighted by Crippen LogP contribution is -2.15. The number of rotatable bonds is 5. The number of nitrogens with one attached hydrogen (secondary N) is 1. The minimum absolute atomic E-state index is 0.0881. The van der Waals surface area contributed by atoms with Crippen LogP contribution < -0.4 is 9.47 Å². The molecule has 3 aromatic rings. The number of fused-ring (bicyclic) bond motifs is 2. The molecule has 0 radical (unpaired) electrons. The molecule has 8 heteroatoms. The Morgan fingerprint density at radius 1 is 1.23 bits per heavy atom. The molecule has 0 amide bonds. The van der Waals surface area contributed by atoms with Crippen molar-refractivity contribution in [2.75, 3.05) is 19.8 Å². The van der Waals surface area contributed by atoms with Gasteiger partial charge in [0.2, 0.25) is 0 Å².